The highest BCUT2D eigenvalue weighted by Crippen LogP contribution is 2.45. The molecule has 0 amide bonds. The zero-order valence-corrected chi connectivity index (χ0v) is 18.9. The Hall–Kier alpha value is -2.99. The van der Waals surface area contributed by atoms with Crippen LogP contribution in [0, 0.1) is 29.1 Å². The average molecular weight is 470 g/mol. The van der Waals surface area contributed by atoms with Crippen molar-refractivity contribution in [3.8, 4) is 22.3 Å². The Morgan fingerprint density at radius 2 is 1.59 bits per heavy atom. The molecule has 0 saturated carbocycles. The fraction of sp³-hybridized carbons (Fsp3) is 0.286. The van der Waals surface area contributed by atoms with Gasteiger partial charge in [-0.2, -0.15) is 0 Å². The number of hydrogen-bond acceptors (Lipinski definition) is 1. The normalized spacial score (nSPS) is 16.9. The van der Waals surface area contributed by atoms with Crippen molar-refractivity contribution in [2.45, 2.75) is 45.6 Å². The largest absolute Gasteiger partial charge is 0.369 e. The first-order valence-corrected chi connectivity index (χ1v) is 11.4. The number of hydrogen-bond donors (Lipinski definition) is 0. The standard InChI is InChI=1S/C28H23F5O/c1-3-4-16-9-17-10-18-11-20(26(31)28(33)24(18)23(17)27(32)25(16)30)15-6-7-19(21(29)12-15)22-8-5-14(2)13-34-22/h5-7,9,11-12,22H,3-4,8,10,13H2,1-2H3. The molecule has 0 fully saturated rings. The first-order chi connectivity index (χ1) is 16.3. The molecule has 0 radical (unpaired) electrons. The van der Waals surface area contributed by atoms with Crippen molar-refractivity contribution >= 4 is 0 Å². The van der Waals surface area contributed by atoms with Gasteiger partial charge in [-0.05, 0) is 60.6 Å². The van der Waals surface area contributed by atoms with Crippen LogP contribution in [0.5, 0.6) is 0 Å². The Kier molecular flexibility index (Phi) is 5.80. The summed E-state index contributed by atoms with van der Waals surface area (Å²) in [5, 5.41) is 0. The Labute approximate surface area is 194 Å². The van der Waals surface area contributed by atoms with Gasteiger partial charge in [-0.15, -0.1) is 0 Å². The molecule has 0 spiro atoms. The summed E-state index contributed by atoms with van der Waals surface area (Å²) in [5.74, 6) is -5.23. The topological polar surface area (TPSA) is 9.23 Å². The number of benzene rings is 3. The van der Waals surface area contributed by atoms with Crippen LogP contribution < -0.4 is 0 Å². The molecule has 3 aromatic carbocycles. The van der Waals surface area contributed by atoms with E-state index in [2.05, 4.69) is 0 Å². The minimum absolute atomic E-state index is 0.121. The van der Waals surface area contributed by atoms with Gasteiger partial charge in [0.25, 0.3) is 0 Å². The lowest BCUT2D eigenvalue weighted by Crippen LogP contribution is -2.12. The molecule has 1 nitrogen and oxygen atoms in total. The lowest BCUT2D eigenvalue weighted by molar-refractivity contribution is 0.0591. The molecule has 0 aromatic heterocycles. The summed E-state index contributed by atoms with van der Waals surface area (Å²) in [6.45, 7) is 4.20. The van der Waals surface area contributed by atoms with Gasteiger partial charge in [-0.1, -0.05) is 43.2 Å². The first kappa shape index (κ1) is 22.8. The fourth-order valence-electron chi connectivity index (χ4n) is 4.94. The maximum absolute atomic E-state index is 15.2. The summed E-state index contributed by atoms with van der Waals surface area (Å²) in [7, 11) is 0. The number of ether oxygens (including phenoxy) is 1. The Bertz CT molecular complexity index is 1340. The maximum atomic E-state index is 15.2. The van der Waals surface area contributed by atoms with Crippen molar-refractivity contribution in [2.24, 2.45) is 0 Å². The van der Waals surface area contributed by atoms with E-state index < -0.39 is 35.2 Å². The third-order valence-corrected chi connectivity index (χ3v) is 6.65. The van der Waals surface area contributed by atoms with Crippen LogP contribution in [0.4, 0.5) is 22.0 Å². The van der Waals surface area contributed by atoms with Crippen LogP contribution in [0.25, 0.3) is 22.3 Å². The van der Waals surface area contributed by atoms with Crippen LogP contribution in [0.15, 0.2) is 42.0 Å². The molecule has 1 aliphatic carbocycles. The van der Waals surface area contributed by atoms with Crippen LogP contribution in [0.2, 0.25) is 0 Å². The van der Waals surface area contributed by atoms with Crippen molar-refractivity contribution in [2.75, 3.05) is 6.61 Å². The van der Waals surface area contributed by atoms with Crippen LogP contribution in [-0.4, -0.2) is 6.61 Å². The molecule has 6 heteroatoms. The Balaban J connectivity index is 1.56. The Morgan fingerprint density at radius 3 is 2.24 bits per heavy atom. The molecule has 1 atom stereocenters. The fourth-order valence-corrected chi connectivity index (χ4v) is 4.94. The zero-order chi connectivity index (χ0) is 24.1. The molecule has 1 aliphatic heterocycles. The van der Waals surface area contributed by atoms with Gasteiger partial charge in [0.2, 0.25) is 0 Å². The van der Waals surface area contributed by atoms with Crippen molar-refractivity contribution < 1.29 is 26.7 Å². The molecule has 2 aliphatic rings. The van der Waals surface area contributed by atoms with E-state index in [1.807, 2.05) is 19.9 Å². The smallest absolute Gasteiger partial charge is 0.167 e. The second-order valence-corrected chi connectivity index (χ2v) is 9.03. The number of halogens is 5. The predicted octanol–water partition coefficient (Wildman–Crippen LogP) is 7.98. The SMILES string of the molecule is CCCc1cc2c(c(F)c1F)-c1c(cc(-c3ccc(C4CC=C(C)CO4)c(F)c3)c(F)c1F)C2. The lowest BCUT2D eigenvalue weighted by Gasteiger charge is -2.22. The molecule has 0 N–H and O–H groups in total. The van der Waals surface area contributed by atoms with Gasteiger partial charge in [0.15, 0.2) is 23.3 Å². The van der Waals surface area contributed by atoms with E-state index in [0.717, 1.165) is 11.6 Å². The van der Waals surface area contributed by atoms with E-state index in [9.17, 15) is 13.2 Å². The van der Waals surface area contributed by atoms with Crippen LogP contribution in [0.1, 0.15) is 55.0 Å². The number of fused-ring (bicyclic) bond motifs is 3. The second-order valence-electron chi connectivity index (χ2n) is 9.03. The summed E-state index contributed by atoms with van der Waals surface area (Å²) in [5.41, 5.74) is 1.97. The first-order valence-electron chi connectivity index (χ1n) is 11.4. The van der Waals surface area contributed by atoms with Gasteiger partial charge in [-0.25, -0.2) is 22.0 Å². The van der Waals surface area contributed by atoms with E-state index in [-0.39, 0.29) is 34.2 Å². The zero-order valence-electron chi connectivity index (χ0n) is 18.9. The van der Waals surface area contributed by atoms with Gasteiger partial charge < -0.3 is 4.74 Å². The van der Waals surface area contributed by atoms with Crippen LogP contribution >= 0.6 is 0 Å². The minimum atomic E-state index is -1.26. The highest BCUT2D eigenvalue weighted by Gasteiger charge is 2.32. The predicted molar refractivity (Wildman–Crippen MR) is 121 cm³/mol. The summed E-state index contributed by atoms with van der Waals surface area (Å²) in [6.07, 6.45) is 3.19. The van der Waals surface area contributed by atoms with Crippen molar-refractivity contribution in [1.29, 1.82) is 0 Å². The molecule has 0 saturated heterocycles. The summed E-state index contributed by atoms with van der Waals surface area (Å²) < 4.78 is 80.4. The van der Waals surface area contributed by atoms with Gasteiger partial charge in [-0.3, -0.25) is 0 Å². The average Bonchev–Trinajstić information content (AvgIpc) is 3.19. The summed E-state index contributed by atoms with van der Waals surface area (Å²) >= 11 is 0. The molecular formula is C28H23F5O. The van der Waals surface area contributed by atoms with E-state index in [4.69, 9.17) is 4.74 Å². The second kappa shape index (κ2) is 8.66. The highest BCUT2D eigenvalue weighted by molar-refractivity contribution is 5.82. The van der Waals surface area contributed by atoms with E-state index in [1.54, 1.807) is 0 Å². The molecule has 5 rings (SSSR count). The molecule has 0 bridgehead atoms. The molecular weight excluding hydrogens is 447 g/mol. The molecule has 1 unspecified atom stereocenters. The van der Waals surface area contributed by atoms with E-state index in [0.29, 0.717) is 42.6 Å². The maximum Gasteiger partial charge on any atom is 0.167 e. The van der Waals surface area contributed by atoms with E-state index >= 15 is 8.78 Å². The summed E-state index contributed by atoms with van der Waals surface area (Å²) in [6, 6.07) is 7.15. The molecule has 176 valence electrons. The van der Waals surface area contributed by atoms with Gasteiger partial charge >= 0.3 is 0 Å². The third kappa shape index (κ3) is 3.65. The quantitative estimate of drug-likeness (QED) is 0.217. The number of aryl methyl sites for hydroxylation is 1. The number of rotatable bonds is 4. The van der Waals surface area contributed by atoms with Gasteiger partial charge in [0.05, 0.1) is 12.7 Å². The molecule has 34 heavy (non-hydrogen) atoms. The van der Waals surface area contributed by atoms with Crippen LogP contribution in [0.3, 0.4) is 0 Å². The Morgan fingerprint density at radius 1 is 0.882 bits per heavy atom. The van der Waals surface area contributed by atoms with Gasteiger partial charge in [0.1, 0.15) is 5.82 Å². The van der Waals surface area contributed by atoms with E-state index in [1.165, 1.54) is 24.3 Å². The third-order valence-electron chi connectivity index (χ3n) is 6.65. The van der Waals surface area contributed by atoms with Crippen molar-refractivity contribution in [3.63, 3.8) is 0 Å². The summed E-state index contributed by atoms with van der Waals surface area (Å²) in [4.78, 5) is 0. The minimum Gasteiger partial charge on any atom is -0.369 e. The van der Waals surface area contributed by atoms with Crippen molar-refractivity contribution in [3.05, 3.63) is 93.3 Å². The monoisotopic (exact) mass is 470 g/mol. The molecule has 3 aromatic rings. The molecule has 1 heterocycles. The highest BCUT2D eigenvalue weighted by atomic mass is 19.2. The van der Waals surface area contributed by atoms with Crippen molar-refractivity contribution in [1.82, 2.24) is 0 Å². The van der Waals surface area contributed by atoms with Crippen LogP contribution in [-0.2, 0) is 17.6 Å². The lowest BCUT2D eigenvalue weighted by atomic mass is 9.94. The van der Waals surface area contributed by atoms with Gasteiger partial charge in [0, 0.05) is 22.3 Å².